The summed E-state index contributed by atoms with van der Waals surface area (Å²) in [5.41, 5.74) is 0.0159. The van der Waals surface area contributed by atoms with E-state index in [1.165, 1.54) is 19.3 Å². The highest BCUT2D eigenvalue weighted by Gasteiger charge is 2.40. The van der Waals surface area contributed by atoms with Crippen molar-refractivity contribution < 1.29 is 4.74 Å². The molecule has 2 fully saturated rings. The van der Waals surface area contributed by atoms with Crippen LogP contribution in [0.5, 0.6) is 0 Å². The van der Waals surface area contributed by atoms with E-state index in [0.29, 0.717) is 5.92 Å². The summed E-state index contributed by atoms with van der Waals surface area (Å²) in [6.07, 6.45) is 8.31. The fourth-order valence-electron chi connectivity index (χ4n) is 3.04. The third kappa shape index (κ3) is 1.79. The van der Waals surface area contributed by atoms with Crippen molar-refractivity contribution in [2.45, 2.75) is 44.9 Å². The molecule has 2 nitrogen and oxygen atoms in total. The van der Waals surface area contributed by atoms with Crippen molar-refractivity contribution in [1.82, 2.24) is 0 Å². The molecule has 1 aliphatic carbocycles. The molecule has 0 aromatic heterocycles. The Morgan fingerprint density at radius 3 is 2.29 bits per heavy atom. The zero-order valence-corrected chi connectivity index (χ0v) is 8.80. The molecule has 0 atom stereocenters. The first-order valence-electron chi connectivity index (χ1n) is 5.86. The lowest BCUT2D eigenvalue weighted by atomic mass is 9.64. The molecule has 0 spiro atoms. The van der Waals surface area contributed by atoms with Crippen LogP contribution in [-0.2, 0) is 4.74 Å². The second kappa shape index (κ2) is 4.31. The Kier molecular flexibility index (Phi) is 3.08. The van der Waals surface area contributed by atoms with Crippen LogP contribution < -0.4 is 0 Å². The molecule has 0 aromatic rings. The average molecular weight is 193 g/mol. The molecule has 78 valence electrons. The van der Waals surface area contributed by atoms with Crippen LogP contribution in [0, 0.1) is 22.7 Å². The predicted molar refractivity (Wildman–Crippen MR) is 54.7 cm³/mol. The number of ether oxygens (including phenoxy) is 1. The van der Waals surface area contributed by atoms with E-state index in [2.05, 4.69) is 6.07 Å². The summed E-state index contributed by atoms with van der Waals surface area (Å²) in [5.74, 6) is 0.613. The maximum Gasteiger partial charge on any atom is 0.0692 e. The van der Waals surface area contributed by atoms with Gasteiger partial charge in [0.15, 0.2) is 0 Å². The van der Waals surface area contributed by atoms with Gasteiger partial charge in [-0.2, -0.15) is 5.26 Å². The van der Waals surface area contributed by atoms with E-state index in [1.807, 2.05) is 0 Å². The Balaban J connectivity index is 2.06. The standard InChI is InChI=1S/C12H19NO/c13-10-12(6-2-1-3-7-12)11-4-8-14-9-5-11/h11H,1-9H2. The molecule has 1 aliphatic heterocycles. The number of nitrogens with zero attached hydrogens (tertiary/aromatic N) is 1. The zero-order chi connectivity index (χ0) is 9.86. The van der Waals surface area contributed by atoms with Crippen LogP contribution in [0.2, 0.25) is 0 Å². The lowest BCUT2D eigenvalue weighted by Gasteiger charge is -2.39. The first kappa shape index (κ1) is 9.98. The zero-order valence-electron chi connectivity index (χ0n) is 8.80. The summed E-state index contributed by atoms with van der Waals surface area (Å²) in [6, 6.07) is 2.63. The molecule has 0 aromatic carbocycles. The normalized spacial score (nSPS) is 28.2. The van der Waals surface area contributed by atoms with Crippen molar-refractivity contribution in [3.05, 3.63) is 0 Å². The van der Waals surface area contributed by atoms with E-state index in [0.717, 1.165) is 38.9 Å². The van der Waals surface area contributed by atoms with Crippen molar-refractivity contribution in [3.8, 4) is 6.07 Å². The highest BCUT2D eigenvalue weighted by molar-refractivity contribution is 5.04. The van der Waals surface area contributed by atoms with Gasteiger partial charge in [0.1, 0.15) is 0 Å². The third-order valence-electron chi connectivity index (χ3n) is 3.97. The van der Waals surface area contributed by atoms with E-state index in [9.17, 15) is 5.26 Å². The van der Waals surface area contributed by atoms with E-state index in [-0.39, 0.29) is 5.41 Å². The maximum absolute atomic E-state index is 9.40. The molecule has 0 radical (unpaired) electrons. The van der Waals surface area contributed by atoms with Gasteiger partial charge < -0.3 is 4.74 Å². The molecular formula is C12H19NO. The molecule has 2 aliphatic rings. The molecule has 0 bridgehead atoms. The lowest BCUT2D eigenvalue weighted by molar-refractivity contribution is 0.0167. The monoisotopic (exact) mass is 193 g/mol. The summed E-state index contributed by atoms with van der Waals surface area (Å²) in [5, 5.41) is 9.40. The summed E-state index contributed by atoms with van der Waals surface area (Å²) < 4.78 is 5.37. The Hall–Kier alpha value is -0.550. The van der Waals surface area contributed by atoms with E-state index in [1.54, 1.807) is 0 Å². The quantitative estimate of drug-likeness (QED) is 0.641. The van der Waals surface area contributed by atoms with Gasteiger partial charge in [0.05, 0.1) is 11.5 Å². The molecule has 0 amide bonds. The largest absolute Gasteiger partial charge is 0.381 e. The van der Waals surface area contributed by atoms with Crippen LogP contribution in [0.1, 0.15) is 44.9 Å². The van der Waals surface area contributed by atoms with Gasteiger partial charge in [-0.15, -0.1) is 0 Å². The second-order valence-corrected chi connectivity index (χ2v) is 4.72. The first-order chi connectivity index (χ1) is 6.87. The molecule has 14 heavy (non-hydrogen) atoms. The summed E-state index contributed by atoms with van der Waals surface area (Å²) >= 11 is 0. The van der Waals surface area contributed by atoms with Gasteiger partial charge in [-0.25, -0.2) is 0 Å². The fourth-order valence-corrected chi connectivity index (χ4v) is 3.04. The number of hydrogen-bond acceptors (Lipinski definition) is 2. The summed E-state index contributed by atoms with van der Waals surface area (Å²) in [4.78, 5) is 0. The van der Waals surface area contributed by atoms with Gasteiger partial charge in [0.25, 0.3) is 0 Å². The topological polar surface area (TPSA) is 33.0 Å². The molecule has 2 rings (SSSR count). The SMILES string of the molecule is N#CC1(C2CCOCC2)CCCCC1. The van der Waals surface area contributed by atoms with Crippen LogP contribution in [0.25, 0.3) is 0 Å². The molecule has 0 unspecified atom stereocenters. The number of rotatable bonds is 1. The van der Waals surface area contributed by atoms with Crippen LogP contribution in [0.4, 0.5) is 0 Å². The van der Waals surface area contributed by atoms with Gasteiger partial charge in [-0.3, -0.25) is 0 Å². The highest BCUT2D eigenvalue weighted by atomic mass is 16.5. The molecular weight excluding hydrogens is 174 g/mol. The van der Waals surface area contributed by atoms with Crippen molar-refractivity contribution in [2.24, 2.45) is 11.3 Å². The van der Waals surface area contributed by atoms with Gasteiger partial charge in [-0.05, 0) is 31.6 Å². The second-order valence-electron chi connectivity index (χ2n) is 4.72. The van der Waals surface area contributed by atoms with Crippen molar-refractivity contribution >= 4 is 0 Å². The van der Waals surface area contributed by atoms with Crippen LogP contribution in [0.15, 0.2) is 0 Å². The van der Waals surface area contributed by atoms with E-state index < -0.39 is 0 Å². The van der Waals surface area contributed by atoms with Gasteiger partial charge >= 0.3 is 0 Å². The minimum absolute atomic E-state index is 0.0159. The smallest absolute Gasteiger partial charge is 0.0692 e. The van der Waals surface area contributed by atoms with Crippen LogP contribution in [0.3, 0.4) is 0 Å². The van der Waals surface area contributed by atoms with Gasteiger partial charge in [0.2, 0.25) is 0 Å². The number of nitriles is 1. The highest BCUT2D eigenvalue weighted by Crippen LogP contribution is 2.45. The minimum atomic E-state index is 0.0159. The predicted octanol–water partition coefficient (Wildman–Crippen LogP) is 2.89. The Morgan fingerprint density at radius 2 is 1.71 bits per heavy atom. The van der Waals surface area contributed by atoms with Crippen molar-refractivity contribution in [3.63, 3.8) is 0 Å². The van der Waals surface area contributed by atoms with Gasteiger partial charge in [-0.1, -0.05) is 19.3 Å². The Labute approximate surface area is 86.2 Å². The van der Waals surface area contributed by atoms with Crippen LogP contribution in [-0.4, -0.2) is 13.2 Å². The molecule has 1 heterocycles. The molecule has 2 heteroatoms. The van der Waals surface area contributed by atoms with Gasteiger partial charge in [0, 0.05) is 13.2 Å². The Morgan fingerprint density at radius 1 is 1.07 bits per heavy atom. The molecule has 1 saturated carbocycles. The Bertz CT molecular complexity index is 219. The molecule has 0 N–H and O–H groups in total. The average Bonchev–Trinajstić information content (AvgIpc) is 2.31. The van der Waals surface area contributed by atoms with Crippen molar-refractivity contribution in [1.29, 1.82) is 5.26 Å². The van der Waals surface area contributed by atoms with Crippen molar-refractivity contribution in [2.75, 3.05) is 13.2 Å². The summed E-state index contributed by atoms with van der Waals surface area (Å²) in [6.45, 7) is 1.74. The lowest BCUT2D eigenvalue weighted by Crippen LogP contribution is -2.35. The maximum atomic E-state index is 9.40. The number of hydrogen-bond donors (Lipinski definition) is 0. The fraction of sp³-hybridized carbons (Fsp3) is 0.917. The third-order valence-corrected chi connectivity index (χ3v) is 3.97. The van der Waals surface area contributed by atoms with E-state index >= 15 is 0 Å². The summed E-state index contributed by atoms with van der Waals surface area (Å²) in [7, 11) is 0. The van der Waals surface area contributed by atoms with Crippen LogP contribution >= 0.6 is 0 Å². The van der Waals surface area contributed by atoms with E-state index in [4.69, 9.17) is 4.74 Å². The molecule has 1 saturated heterocycles. The minimum Gasteiger partial charge on any atom is -0.381 e. The first-order valence-corrected chi connectivity index (χ1v) is 5.86.